The van der Waals surface area contributed by atoms with Gasteiger partial charge in [-0.2, -0.15) is 0 Å². The maximum absolute atomic E-state index is 12.4. The van der Waals surface area contributed by atoms with Crippen LogP contribution in [0.1, 0.15) is 22.5 Å². The zero-order valence-electron chi connectivity index (χ0n) is 12.1. The zero-order valence-corrected chi connectivity index (χ0v) is 13.8. The molecule has 0 aliphatic carbocycles. The van der Waals surface area contributed by atoms with Crippen LogP contribution in [-0.4, -0.2) is 25.7 Å². The first kappa shape index (κ1) is 14.2. The van der Waals surface area contributed by atoms with Crippen molar-refractivity contribution in [2.75, 3.05) is 19.8 Å². The third-order valence-corrected chi connectivity index (χ3v) is 6.49. The highest BCUT2D eigenvalue weighted by Gasteiger charge is 2.17. The molecule has 3 heterocycles. The average molecular weight is 331 g/mol. The highest BCUT2D eigenvalue weighted by atomic mass is 32.1. The molecule has 0 saturated carbocycles. The van der Waals surface area contributed by atoms with E-state index in [1.54, 1.807) is 22.7 Å². The van der Waals surface area contributed by atoms with Crippen molar-refractivity contribution in [1.82, 2.24) is 5.32 Å². The number of thiophene rings is 2. The van der Waals surface area contributed by atoms with Gasteiger partial charge in [0.1, 0.15) is 0 Å². The third-order valence-electron chi connectivity index (χ3n) is 4.08. The fourth-order valence-electron chi connectivity index (χ4n) is 2.90. The van der Waals surface area contributed by atoms with E-state index in [9.17, 15) is 4.79 Å². The number of nitrogens with one attached hydrogen (secondary N) is 1. The molecule has 114 valence electrons. The minimum Gasteiger partial charge on any atom is -0.381 e. The molecule has 2 aromatic heterocycles. The third kappa shape index (κ3) is 2.64. The Kier molecular flexibility index (Phi) is 3.86. The van der Waals surface area contributed by atoms with E-state index >= 15 is 0 Å². The van der Waals surface area contributed by atoms with Crippen molar-refractivity contribution in [2.24, 2.45) is 5.92 Å². The maximum Gasteiger partial charge on any atom is 0.261 e. The number of rotatable bonds is 3. The number of hydrogen-bond acceptors (Lipinski definition) is 4. The van der Waals surface area contributed by atoms with Crippen LogP contribution < -0.4 is 5.32 Å². The van der Waals surface area contributed by atoms with Gasteiger partial charge in [-0.1, -0.05) is 18.2 Å². The van der Waals surface area contributed by atoms with E-state index in [0.29, 0.717) is 12.5 Å². The van der Waals surface area contributed by atoms with E-state index in [1.165, 1.54) is 19.5 Å². The largest absolute Gasteiger partial charge is 0.381 e. The second-order valence-electron chi connectivity index (χ2n) is 5.70. The monoisotopic (exact) mass is 331 g/mol. The standard InChI is InChI=1S/C17H17NO2S2/c19-17(18-9-11-4-3-7-20-10-11)15-8-14-16(22-15)12-5-1-2-6-13(12)21-14/h1-2,5-6,8,11H,3-4,7,9-10H2,(H,18,19)/t11-/m1/s1. The average Bonchev–Trinajstić information content (AvgIpc) is 3.11. The molecule has 4 rings (SSSR count). The molecule has 1 fully saturated rings. The van der Waals surface area contributed by atoms with Crippen LogP contribution in [0.25, 0.3) is 19.5 Å². The Bertz CT molecular complexity index is 814. The minimum absolute atomic E-state index is 0.0445. The number of benzene rings is 1. The molecule has 5 heteroatoms. The van der Waals surface area contributed by atoms with Gasteiger partial charge in [-0.15, -0.1) is 22.7 Å². The summed E-state index contributed by atoms with van der Waals surface area (Å²) in [6.45, 7) is 2.34. The van der Waals surface area contributed by atoms with Crippen molar-refractivity contribution >= 4 is 48.1 Å². The van der Waals surface area contributed by atoms with Crippen molar-refractivity contribution in [1.29, 1.82) is 0 Å². The van der Waals surface area contributed by atoms with Gasteiger partial charge in [0.25, 0.3) is 5.91 Å². The summed E-state index contributed by atoms with van der Waals surface area (Å²) < 4.78 is 9.18. The van der Waals surface area contributed by atoms with E-state index in [0.717, 1.165) is 30.9 Å². The Morgan fingerprint density at radius 1 is 1.27 bits per heavy atom. The Morgan fingerprint density at radius 2 is 2.18 bits per heavy atom. The minimum atomic E-state index is 0.0445. The summed E-state index contributed by atoms with van der Waals surface area (Å²) in [6, 6.07) is 10.4. The second kappa shape index (κ2) is 5.99. The van der Waals surface area contributed by atoms with Gasteiger partial charge in [-0.3, -0.25) is 4.79 Å². The van der Waals surface area contributed by atoms with Crippen LogP contribution >= 0.6 is 22.7 Å². The molecule has 3 aromatic rings. The summed E-state index contributed by atoms with van der Waals surface area (Å²) in [4.78, 5) is 13.2. The van der Waals surface area contributed by atoms with Crippen LogP contribution in [0.4, 0.5) is 0 Å². The van der Waals surface area contributed by atoms with Crippen LogP contribution in [0, 0.1) is 5.92 Å². The number of fused-ring (bicyclic) bond motifs is 3. The number of hydrogen-bond donors (Lipinski definition) is 1. The van der Waals surface area contributed by atoms with Gasteiger partial charge in [-0.25, -0.2) is 0 Å². The predicted octanol–water partition coefficient (Wildman–Crippen LogP) is 4.27. The van der Waals surface area contributed by atoms with E-state index in [4.69, 9.17) is 4.74 Å². The molecule has 0 radical (unpaired) electrons. The SMILES string of the molecule is O=C(NC[C@H]1CCCOC1)c1cc2sc3ccccc3c2s1. The molecule has 1 aromatic carbocycles. The Morgan fingerprint density at radius 3 is 3.05 bits per heavy atom. The van der Waals surface area contributed by atoms with Gasteiger partial charge in [0.2, 0.25) is 0 Å². The molecule has 1 amide bonds. The summed E-state index contributed by atoms with van der Waals surface area (Å²) in [6.07, 6.45) is 2.24. The van der Waals surface area contributed by atoms with Crippen molar-refractivity contribution < 1.29 is 9.53 Å². The van der Waals surface area contributed by atoms with Gasteiger partial charge in [-0.05, 0) is 30.9 Å². The number of carbonyl (C=O) groups excluding carboxylic acids is 1. The van der Waals surface area contributed by atoms with Gasteiger partial charge < -0.3 is 10.1 Å². The maximum atomic E-state index is 12.4. The van der Waals surface area contributed by atoms with E-state index in [1.807, 2.05) is 6.07 Å². The lowest BCUT2D eigenvalue weighted by atomic mass is 10.0. The first-order valence-electron chi connectivity index (χ1n) is 7.58. The van der Waals surface area contributed by atoms with Crippen LogP contribution in [0.15, 0.2) is 30.3 Å². The fraction of sp³-hybridized carbons (Fsp3) is 0.353. The molecular formula is C17H17NO2S2. The van der Waals surface area contributed by atoms with Crippen LogP contribution in [0.2, 0.25) is 0 Å². The molecule has 1 N–H and O–H groups in total. The van der Waals surface area contributed by atoms with Crippen LogP contribution in [0.5, 0.6) is 0 Å². The van der Waals surface area contributed by atoms with Gasteiger partial charge in [0.05, 0.1) is 16.2 Å². The van der Waals surface area contributed by atoms with E-state index < -0.39 is 0 Å². The van der Waals surface area contributed by atoms with Gasteiger partial charge >= 0.3 is 0 Å². The zero-order chi connectivity index (χ0) is 14.9. The number of carbonyl (C=O) groups is 1. The van der Waals surface area contributed by atoms with Crippen molar-refractivity contribution in [3.8, 4) is 0 Å². The summed E-state index contributed by atoms with van der Waals surface area (Å²) in [5.74, 6) is 0.502. The van der Waals surface area contributed by atoms with E-state index in [-0.39, 0.29) is 5.91 Å². The van der Waals surface area contributed by atoms with E-state index in [2.05, 4.69) is 29.6 Å². The normalized spacial score (nSPS) is 18.8. The molecule has 1 saturated heterocycles. The molecule has 0 unspecified atom stereocenters. The Labute approximate surface area is 136 Å². The Balaban J connectivity index is 1.51. The fourth-order valence-corrected chi connectivity index (χ4v) is 5.35. The van der Waals surface area contributed by atoms with Gasteiger partial charge in [0.15, 0.2) is 0 Å². The second-order valence-corrected chi connectivity index (χ2v) is 7.83. The molecule has 1 aliphatic rings. The predicted molar refractivity (Wildman–Crippen MR) is 93.1 cm³/mol. The molecule has 0 bridgehead atoms. The molecule has 1 aliphatic heterocycles. The first-order valence-corrected chi connectivity index (χ1v) is 9.21. The summed E-state index contributed by atoms with van der Waals surface area (Å²) in [5, 5.41) is 4.32. The van der Waals surface area contributed by atoms with Crippen molar-refractivity contribution in [3.05, 3.63) is 35.2 Å². The molecule has 22 heavy (non-hydrogen) atoms. The molecular weight excluding hydrogens is 314 g/mol. The number of ether oxygens (including phenoxy) is 1. The highest BCUT2D eigenvalue weighted by molar-refractivity contribution is 7.33. The van der Waals surface area contributed by atoms with Crippen LogP contribution in [-0.2, 0) is 4.74 Å². The first-order chi connectivity index (χ1) is 10.8. The highest BCUT2D eigenvalue weighted by Crippen LogP contribution is 2.39. The van der Waals surface area contributed by atoms with Gasteiger partial charge in [0, 0.05) is 27.9 Å². The van der Waals surface area contributed by atoms with Crippen molar-refractivity contribution in [3.63, 3.8) is 0 Å². The van der Waals surface area contributed by atoms with Crippen molar-refractivity contribution in [2.45, 2.75) is 12.8 Å². The number of amides is 1. The lowest BCUT2D eigenvalue weighted by Crippen LogP contribution is -2.32. The molecule has 3 nitrogen and oxygen atoms in total. The molecule has 1 atom stereocenters. The summed E-state index contributed by atoms with van der Waals surface area (Å²) >= 11 is 3.35. The molecule has 0 spiro atoms. The quantitative estimate of drug-likeness (QED) is 0.778. The smallest absolute Gasteiger partial charge is 0.261 e. The van der Waals surface area contributed by atoms with Crippen LogP contribution in [0.3, 0.4) is 0 Å². The lowest BCUT2D eigenvalue weighted by Gasteiger charge is -2.21. The Hall–Kier alpha value is -1.43. The summed E-state index contributed by atoms with van der Waals surface area (Å²) in [7, 11) is 0. The summed E-state index contributed by atoms with van der Waals surface area (Å²) in [5.41, 5.74) is 0. The lowest BCUT2D eigenvalue weighted by molar-refractivity contribution is 0.0536. The topological polar surface area (TPSA) is 38.3 Å².